The summed E-state index contributed by atoms with van der Waals surface area (Å²) in [5.41, 5.74) is 0.789. The molecule has 17 heavy (non-hydrogen) atoms. The monoisotopic (exact) mass is 251 g/mol. The predicted molar refractivity (Wildman–Crippen MR) is 59.8 cm³/mol. The molecule has 2 aromatic heterocycles. The molecule has 2 heterocycles. The van der Waals surface area contributed by atoms with E-state index in [1.165, 1.54) is 17.8 Å². The Hall–Kier alpha value is -1.89. The standard InChI is InChI=1S/C10H9N3O3S/c1-6-2-3-11-10(12-6)17-5-7-4-8(9(14)15)13-16-7/h2-4H,5H2,1H3,(H,14,15). The van der Waals surface area contributed by atoms with Gasteiger partial charge in [0.15, 0.2) is 10.9 Å². The van der Waals surface area contributed by atoms with Gasteiger partial charge in [0.1, 0.15) is 5.76 Å². The minimum Gasteiger partial charge on any atom is -0.476 e. The molecule has 0 atom stereocenters. The first-order valence-electron chi connectivity index (χ1n) is 4.76. The SMILES string of the molecule is Cc1ccnc(SCc2cc(C(=O)O)no2)n1. The zero-order valence-corrected chi connectivity index (χ0v) is 9.77. The number of hydrogen-bond donors (Lipinski definition) is 1. The first kappa shape index (κ1) is 11.6. The third-order valence-corrected chi connectivity index (χ3v) is 2.78. The Labute approximate surface area is 101 Å². The molecule has 88 valence electrons. The lowest BCUT2D eigenvalue weighted by Crippen LogP contribution is -1.94. The molecule has 6 nitrogen and oxygen atoms in total. The number of rotatable bonds is 4. The highest BCUT2D eigenvalue weighted by atomic mass is 32.2. The molecule has 1 N–H and O–H groups in total. The Bertz CT molecular complexity index is 541. The van der Waals surface area contributed by atoms with E-state index in [0.717, 1.165) is 5.69 Å². The quantitative estimate of drug-likeness (QED) is 0.654. The second-order valence-electron chi connectivity index (χ2n) is 3.25. The van der Waals surface area contributed by atoms with Crippen molar-refractivity contribution < 1.29 is 14.4 Å². The Morgan fingerprint density at radius 1 is 1.59 bits per heavy atom. The van der Waals surface area contributed by atoms with Gasteiger partial charge in [0.2, 0.25) is 0 Å². The van der Waals surface area contributed by atoms with Gasteiger partial charge in [0.25, 0.3) is 0 Å². The summed E-state index contributed by atoms with van der Waals surface area (Å²) in [6.07, 6.45) is 1.67. The van der Waals surface area contributed by atoms with Gasteiger partial charge in [-0.3, -0.25) is 0 Å². The number of aromatic nitrogens is 3. The molecule has 0 saturated heterocycles. The van der Waals surface area contributed by atoms with Crippen LogP contribution < -0.4 is 0 Å². The average Bonchev–Trinajstić information content (AvgIpc) is 2.75. The molecular weight excluding hydrogens is 242 g/mol. The van der Waals surface area contributed by atoms with Crippen LogP contribution in [0.15, 0.2) is 28.0 Å². The van der Waals surface area contributed by atoms with Gasteiger partial charge in [-0.15, -0.1) is 0 Å². The van der Waals surface area contributed by atoms with Crippen LogP contribution in [-0.2, 0) is 5.75 Å². The van der Waals surface area contributed by atoms with Crippen molar-refractivity contribution in [3.05, 3.63) is 35.5 Å². The Morgan fingerprint density at radius 3 is 3.06 bits per heavy atom. The molecule has 7 heteroatoms. The molecule has 0 amide bonds. The van der Waals surface area contributed by atoms with Crippen LogP contribution in [0, 0.1) is 6.92 Å². The number of aryl methyl sites for hydroxylation is 1. The minimum absolute atomic E-state index is 0.0919. The topological polar surface area (TPSA) is 89.1 Å². The highest BCUT2D eigenvalue weighted by Crippen LogP contribution is 2.19. The molecule has 0 aliphatic rings. The van der Waals surface area contributed by atoms with Crippen LogP contribution in [0.5, 0.6) is 0 Å². The highest BCUT2D eigenvalue weighted by molar-refractivity contribution is 7.98. The summed E-state index contributed by atoms with van der Waals surface area (Å²) in [5, 5.41) is 12.7. The van der Waals surface area contributed by atoms with Gasteiger partial charge in [0, 0.05) is 18.0 Å². The molecule has 0 bridgehead atoms. The van der Waals surface area contributed by atoms with Crippen molar-refractivity contribution in [1.82, 2.24) is 15.1 Å². The largest absolute Gasteiger partial charge is 0.476 e. The van der Waals surface area contributed by atoms with E-state index in [1.807, 2.05) is 6.92 Å². The van der Waals surface area contributed by atoms with Gasteiger partial charge in [-0.2, -0.15) is 0 Å². The maximum Gasteiger partial charge on any atom is 0.358 e. The summed E-state index contributed by atoms with van der Waals surface area (Å²) in [4.78, 5) is 18.9. The second kappa shape index (κ2) is 4.96. The van der Waals surface area contributed by atoms with E-state index in [1.54, 1.807) is 12.3 Å². The summed E-state index contributed by atoms with van der Waals surface area (Å²) in [6, 6.07) is 3.20. The molecular formula is C10H9N3O3S. The Balaban J connectivity index is 2.00. The van der Waals surface area contributed by atoms with Gasteiger partial charge in [0.05, 0.1) is 5.75 Å². The van der Waals surface area contributed by atoms with Crippen molar-refractivity contribution in [2.75, 3.05) is 0 Å². The van der Waals surface area contributed by atoms with E-state index in [9.17, 15) is 4.79 Å². The molecule has 2 aromatic rings. The van der Waals surface area contributed by atoms with Crippen LogP contribution in [0.2, 0.25) is 0 Å². The first-order chi connectivity index (χ1) is 8.15. The fraction of sp³-hybridized carbons (Fsp3) is 0.200. The molecule has 2 rings (SSSR count). The number of carboxylic acid groups (broad SMARTS) is 1. The van der Waals surface area contributed by atoms with Gasteiger partial charge >= 0.3 is 5.97 Å². The summed E-state index contributed by atoms with van der Waals surface area (Å²) >= 11 is 1.36. The Morgan fingerprint density at radius 2 is 2.41 bits per heavy atom. The van der Waals surface area contributed by atoms with Gasteiger partial charge < -0.3 is 9.63 Å². The van der Waals surface area contributed by atoms with Crippen molar-refractivity contribution >= 4 is 17.7 Å². The zero-order valence-electron chi connectivity index (χ0n) is 8.95. The molecule has 0 aromatic carbocycles. The number of thioether (sulfide) groups is 1. The lowest BCUT2D eigenvalue weighted by atomic mass is 10.4. The zero-order chi connectivity index (χ0) is 12.3. The van der Waals surface area contributed by atoms with Crippen molar-refractivity contribution in [1.29, 1.82) is 0 Å². The third-order valence-electron chi connectivity index (χ3n) is 1.89. The van der Waals surface area contributed by atoms with Crippen LogP contribution in [0.4, 0.5) is 0 Å². The summed E-state index contributed by atoms with van der Waals surface area (Å²) in [6.45, 7) is 1.88. The lowest BCUT2D eigenvalue weighted by molar-refractivity contribution is 0.0685. The van der Waals surface area contributed by atoms with E-state index >= 15 is 0 Å². The number of aromatic carboxylic acids is 1. The number of carboxylic acids is 1. The Kier molecular flexibility index (Phi) is 3.38. The van der Waals surface area contributed by atoms with Crippen LogP contribution >= 0.6 is 11.8 Å². The molecule has 0 saturated carbocycles. The van der Waals surface area contributed by atoms with E-state index in [0.29, 0.717) is 16.7 Å². The van der Waals surface area contributed by atoms with Crippen molar-refractivity contribution in [2.45, 2.75) is 17.8 Å². The van der Waals surface area contributed by atoms with Crippen LogP contribution in [0.3, 0.4) is 0 Å². The van der Waals surface area contributed by atoms with E-state index in [-0.39, 0.29) is 5.69 Å². The highest BCUT2D eigenvalue weighted by Gasteiger charge is 2.11. The van der Waals surface area contributed by atoms with Crippen molar-refractivity contribution in [3.8, 4) is 0 Å². The average molecular weight is 251 g/mol. The maximum atomic E-state index is 10.6. The minimum atomic E-state index is -1.10. The fourth-order valence-corrected chi connectivity index (χ4v) is 1.86. The van der Waals surface area contributed by atoms with Gasteiger partial charge in [-0.05, 0) is 13.0 Å². The second-order valence-corrected chi connectivity index (χ2v) is 4.20. The van der Waals surface area contributed by atoms with E-state index in [4.69, 9.17) is 9.63 Å². The first-order valence-corrected chi connectivity index (χ1v) is 5.75. The number of nitrogens with zero attached hydrogens (tertiary/aromatic N) is 3. The third kappa shape index (κ3) is 3.04. The summed E-state index contributed by atoms with van der Waals surface area (Å²) < 4.78 is 4.87. The van der Waals surface area contributed by atoms with Gasteiger partial charge in [-0.25, -0.2) is 14.8 Å². The molecule has 0 aliphatic heterocycles. The molecule has 0 fully saturated rings. The smallest absolute Gasteiger partial charge is 0.358 e. The predicted octanol–water partition coefficient (Wildman–Crippen LogP) is 1.76. The van der Waals surface area contributed by atoms with Crippen molar-refractivity contribution in [3.63, 3.8) is 0 Å². The normalized spacial score (nSPS) is 10.4. The van der Waals surface area contributed by atoms with E-state index in [2.05, 4.69) is 15.1 Å². The summed E-state index contributed by atoms with van der Waals surface area (Å²) in [5.74, 6) is -0.168. The maximum absolute atomic E-state index is 10.6. The number of hydrogen-bond acceptors (Lipinski definition) is 6. The summed E-state index contributed by atoms with van der Waals surface area (Å²) in [7, 11) is 0. The number of carbonyl (C=O) groups is 1. The van der Waals surface area contributed by atoms with E-state index < -0.39 is 5.97 Å². The molecule has 0 spiro atoms. The van der Waals surface area contributed by atoms with Crippen molar-refractivity contribution in [2.24, 2.45) is 0 Å². The van der Waals surface area contributed by atoms with Crippen LogP contribution in [0.1, 0.15) is 21.9 Å². The fourth-order valence-electron chi connectivity index (χ4n) is 1.11. The van der Waals surface area contributed by atoms with Gasteiger partial charge in [-0.1, -0.05) is 16.9 Å². The molecule has 0 aliphatic carbocycles. The molecule has 0 radical (unpaired) electrons. The van der Waals surface area contributed by atoms with Crippen LogP contribution in [-0.4, -0.2) is 26.2 Å². The van der Waals surface area contributed by atoms with Crippen LogP contribution in [0.25, 0.3) is 0 Å². The molecule has 0 unspecified atom stereocenters. The lowest BCUT2D eigenvalue weighted by Gasteiger charge is -1.97.